The molecule has 5 heteroatoms. The van der Waals surface area contributed by atoms with Crippen LogP contribution in [0.3, 0.4) is 0 Å². The van der Waals surface area contributed by atoms with E-state index in [2.05, 4.69) is 10.6 Å². The number of hydrogen-bond acceptors (Lipinski definition) is 3. The number of nitrogens with zero attached hydrogens (tertiary/aromatic N) is 1. The van der Waals surface area contributed by atoms with Crippen LogP contribution < -0.4 is 10.6 Å². The summed E-state index contributed by atoms with van der Waals surface area (Å²) in [5, 5.41) is 14.3. The summed E-state index contributed by atoms with van der Waals surface area (Å²) >= 11 is 0. The highest BCUT2D eigenvalue weighted by atomic mass is 16.2. The van der Waals surface area contributed by atoms with Gasteiger partial charge in [0.05, 0.1) is 11.6 Å². The maximum absolute atomic E-state index is 12.1. The van der Waals surface area contributed by atoms with E-state index in [1.807, 2.05) is 39.0 Å². The molecule has 5 nitrogen and oxygen atoms in total. The molecule has 2 N–H and O–H groups in total. The smallest absolute Gasteiger partial charge is 0.233 e. The van der Waals surface area contributed by atoms with Gasteiger partial charge in [-0.15, -0.1) is 0 Å². The van der Waals surface area contributed by atoms with Crippen LogP contribution in [0, 0.1) is 32.1 Å². The van der Waals surface area contributed by atoms with Gasteiger partial charge in [-0.1, -0.05) is 23.8 Å². The molecule has 2 amide bonds. The maximum atomic E-state index is 12.1. The van der Waals surface area contributed by atoms with Gasteiger partial charge >= 0.3 is 0 Å². The van der Waals surface area contributed by atoms with E-state index in [1.54, 1.807) is 24.3 Å². The van der Waals surface area contributed by atoms with Crippen molar-refractivity contribution in [3.8, 4) is 6.07 Å². The molecule has 0 saturated carbocycles. The third-order valence-corrected chi connectivity index (χ3v) is 3.54. The van der Waals surface area contributed by atoms with Crippen LogP contribution in [0.5, 0.6) is 0 Å². The van der Waals surface area contributed by atoms with Gasteiger partial charge in [-0.3, -0.25) is 9.59 Å². The Kier molecular flexibility index (Phi) is 5.33. The normalized spacial score (nSPS) is 9.92. The summed E-state index contributed by atoms with van der Waals surface area (Å²) in [5.41, 5.74) is 4.73. The Balaban J connectivity index is 2.00. The Morgan fingerprint density at radius 1 is 1.00 bits per heavy atom. The number of rotatable bonds is 4. The summed E-state index contributed by atoms with van der Waals surface area (Å²) in [4.78, 5) is 24.1. The minimum Gasteiger partial charge on any atom is -0.326 e. The number of hydrogen-bond donors (Lipinski definition) is 2. The largest absolute Gasteiger partial charge is 0.326 e. The molecule has 0 saturated heterocycles. The van der Waals surface area contributed by atoms with E-state index in [9.17, 15) is 9.59 Å². The lowest BCUT2D eigenvalue weighted by Crippen LogP contribution is -2.22. The van der Waals surface area contributed by atoms with Gasteiger partial charge in [0.25, 0.3) is 0 Å². The first-order chi connectivity index (χ1) is 11.4. The molecule has 0 aliphatic rings. The standard InChI is InChI=1S/C19H19N3O2/c1-12-7-13(2)19(14(3)8-12)22-18(24)10-17(23)21-16-6-4-5-15(9-16)11-20/h4-9H,10H2,1-3H3,(H,21,23)(H,22,24). The van der Waals surface area contributed by atoms with Crippen LogP contribution in [-0.2, 0) is 9.59 Å². The first kappa shape index (κ1) is 17.2. The number of carbonyl (C=O) groups is 2. The maximum Gasteiger partial charge on any atom is 0.233 e. The molecule has 0 bridgehead atoms. The molecule has 2 aromatic carbocycles. The van der Waals surface area contributed by atoms with Crippen LogP contribution >= 0.6 is 0 Å². The second-order valence-corrected chi connectivity index (χ2v) is 5.74. The van der Waals surface area contributed by atoms with E-state index in [-0.39, 0.29) is 12.3 Å². The van der Waals surface area contributed by atoms with Crippen LogP contribution in [0.15, 0.2) is 36.4 Å². The summed E-state index contributed by atoms with van der Waals surface area (Å²) in [6.45, 7) is 5.83. The number of nitriles is 1. The summed E-state index contributed by atoms with van der Waals surface area (Å²) in [6.07, 6.45) is -0.288. The monoisotopic (exact) mass is 321 g/mol. The van der Waals surface area contributed by atoms with E-state index in [1.165, 1.54) is 0 Å². The second-order valence-electron chi connectivity index (χ2n) is 5.74. The van der Waals surface area contributed by atoms with Crippen molar-refractivity contribution in [2.75, 3.05) is 10.6 Å². The van der Waals surface area contributed by atoms with Crippen molar-refractivity contribution in [1.82, 2.24) is 0 Å². The van der Waals surface area contributed by atoms with Crippen LogP contribution in [0.25, 0.3) is 0 Å². The van der Waals surface area contributed by atoms with Crippen molar-refractivity contribution >= 4 is 23.2 Å². The number of nitrogens with one attached hydrogen (secondary N) is 2. The van der Waals surface area contributed by atoms with Gasteiger partial charge in [0, 0.05) is 11.4 Å². The van der Waals surface area contributed by atoms with E-state index < -0.39 is 5.91 Å². The second kappa shape index (κ2) is 7.42. The molecule has 122 valence electrons. The van der Waals surface area contributed by atoms with E-state index in [0.717, 1.165) is 22.4 Å². The molecule has 0 fully saturated rings. The first-order valence-electron chi connectivity index (χ1n) is 7.57. The average molecular weight is 321 g/mol. The summed E-state index contributed by atoms with van der Waals surface area (Å²) in [5.74, 6) is -0.802. The van der Waals surface area contributed by atoms with E-state index in [4.69, 9.17) is 5.26 Å². The average Bonchev–Trinajstić information content (AvgIpc) is 2.50. The fourth-order valence-electron chi connectivity index (χ4n) is 2.58. The van der Waals surface area contributed by atoms with Gasteiger partial charge in [-0.25, -0.2) is 0 Å². The number of carbonyl (C=O) groups excluding carboxylic acids is 2. The molecule has 0 spiro atoms. The highest BCUT2D eigenvalue weighted by Gasteiger charge is 2.13. The molecule has 0 heterocycles. The van der Waals surface area contributed by atoms with E-state index >= 15 is 0 Å². The van der Waals surface area contributed by atoms with Gasteiger partial charge in [-0.05, 0) is 50.1 Å². The zero-order valence-corrected chi connectivity index (χ0v) is 13.9. The zero-order chi connectivity index (χ0) is 17.7. The fourth-order valence-corrected chi connectivity index (χ4v) is 2.58. The Morgan fingerprint density at radius 3 is 2.25 bits per heavy atom. The molecular weight excluding hydrogens is 302 g/mol. The number of benzene rings is 2. The van der Waals surface area contributed by atoms with Crippen LogP contribution in [0.2, 0.25) is 0 Å². The number of anilines is 2. The van der Waals surface area contributed by atoms with Crippen molar-refractivity contribution in [2.45, 2.75) is 27.2 Å². The quantitative estimate of drug-likeness (QED) is 0.846. The highest BCUT2D eigenvalue weighted by Crippen LogP contribution is 2.22. The van der Waals surface area contributed by atoms with Gasteiger partial charge in [-0.2, -0.15) is 5.26 Å². The van der Waals surface area contributed by atoms with Crippen molar-refractivity contribution in [3.63, 3.8) is 0 Å². The predicted octanol–water partition coefficient (Wildman–Crippen LogP) is 3.45. The van der Waals surface area contributed by atoms with E-state index in [0.29, 0.717) is 11.3 Å². The summed E-state index contributed by atoms with van der Waals surface area (Å²) < 4.78 is 0. The molecule has 0 aliphatic heterocycles. The highest BCUT2D eigenvalue weighted by molar-refractivity contribution is 6.08. The number of aryl methyl sites for hydroxylation is 3. The van der Waals surface area contributed by atoms with Gasteiger partial charge in [0.1, 0.15) is 6.42 Å². The SMILES string of the molecule is Cc1cc(C)c(NC(=O)CC(=O)Nc2cccc(C#N)c2)c(C)c1. The minimum absolute atomic E-state index is 0.288. The van der Waals surface area contributed by atoms with Gasteiger partial charge < -0.3 is 10.6 Å². The Bertz CT molecular complexity index is 812. The lowest BCUT2D eigenvalue weighted by molar-refractivity contribution is -0.123. The van der Waals surface area contributed by atoms with Crippen molar-refractivity contribution in [3.05, 3.63) is 58.7 Å². The van der Waals surface area contributed by atoms with Crippen LogP contribution in [0.4, 0.5) is 11.4 Å². The lowest BCUT2D eigenvalue weighted by atomic mass is 10.0. The molecular formula is C19H19N3O2. The molecule has 0 atom stereocenters. The van der Waals surface area contributed by atoms with Gasteiger partial charge in [0.2, 0.25) is 11.8 Å². The van der Waals surface area contributed by atoms with Gasteiger partial charge in [0.15, 0.2) is 0 Å². The minimum atomic E-state index is -0.426. The van der Waals surface area contributed by atoms with Crippen LogP contribution in [0.1, 0.15) is 28.7 Å². The summed E-state index contributed by atoms with van der Waals surface area (Å²) in [6, 6.07) is 12.5. The third-order valence-electron chi connectivity index (χ3n) is 3.54. The molecule has 24 heavy (non-hydrogen) atoms. The Hall–Kier alpha value is -3.13. The molecule has 0 unspecified atom stereocenters. The number of amides is 2. The third kappa shape index (κ3) is 4.43. The van der Waals surface area contributed by atoms with Crippen LogP contribution in [-0.4, -0.2) is 11.8 Å². The predicted molar refractivity (Wildman–Crippen MR) is 93.7 cm³/mol. The lowest BCUT2D eigenvalue weighted by Gasteiger charge is -2.13. The topological polar surface area (TPSA) is 82.0 Å². The summed E-state index contributed by atoms with van der Waals surface area (Å²) in [7, 11) is 0. The van der Waals surface area contributed by atoms with Crippen molar-refractivity contribution in [2.24, 2.45) is 0 Å². The first-order valence-corrected chi connectivity index (χ1v) is 7.57. The molecule has 0 radical (unpaired) electrons. The molecule has 2 rings (SSSR count). The Labute approximate surface area is 141 Å². The van der Waals surface area contributed by atoms with Crippen molar-refractivity contribution in [1.29, 1.82) is 5.26 Å². The fraction of sp³-hybridized carbons (Fsp3) is 0.211. The Morgan fingerprint density at radius 2 is 1.62 bits per heavy atom. The molecule has 2 aromatic rings. The molecule has 0 aliphatic carbocycles. The van der Waals surface area contributed by atoms with Crippen molar-refractivity contribution < 1.29 is 9.59 Å². The molecule has 0 aromatic heterocycles. The zero-order valence-electron chi connectivity index (χ0n) is 13.9.